The van der Waals surface area contributed by atoms with Gasteiger partial charge in [-0.2, -0.15) is 0 Å². The van der Waals surface area contributed by atoms with Crippen molar-refractivity contribution in [2.45, 2.75) is 13.3 Å². The van der Waals surface area contributed by atoms with Gasteiger partial charge in [-0.05, 0) is 18.1 Å². The molecule has 3 heteroatoms. The summed E-state index contributed by atoms with van der Waals surface area (Å²) in [6.45, 7) is 2.41. The summed E-state index contributed by atoms with van der Waals surface area (Å²) in [5, 5.41) is 1.18. The van der Waals surface area contributed by atoms with Crippen molar-refractivity contribution in [1.29, 1.82) is 0 Å². The second-order valence-corrected chi connectivity index (χ2v) is 4.02. The second-order valence-electron chi connectivity index (χ2n) is 4.02. The number of nitrogens with zero attached hydrogens (tertiary/aromatic N) is 2. The molecule has 0 amide bonds. The molecule has 0 unspecified atom stereocenters. The SMILES string of the molecule is CC(=O)n1c2c(c3ccccc31)CCN=C2. The topological polar surface area (TPSA) is 34.4 Å². The van der Waals surface area contributed by atoms with E-state index in [4.69, 9.17) is 0 Å². The molecule has 1 aromatic carbocycles. The van der Waals surface area contributed by atoms with Crippen LogP contribution in [0.2, 0.25) is 0 Å². The lowest BCUT2D eigenvalue weighted by atomic mass is 10.1. The van der Waals surface area contributed by atoms with Gasteiger partial charge < -0.3 is 0 Å². The Morgan fingerprint density at radius 2 is 2.19 bits per heavy atom. The second kappa shape index (κ2) is 3.30. The van der Waals surface area contributed by atoms with Crippen molar-refractivity contribution in [3.8, 4) is 0 Å². The van der Waals surface area contributed by atoms with Gasteiger partial charge in [0.15, 0.2) is 0 Å². The lowest BCUT2D eigenvalue weighted by Crippen LogP contribution is -2.12. The van der Waals surface area contributed by atoms with Crippen LogP contribution in [0.25, 0.3) is 10.9 Å². The number of rotatable bonds is 0. The molecule has 3 nitrogen and oxygen atoms in total. The Morgan fingerprint density at radius 1 is 1.38 bits per heavy atom. The standard InChI is InChI=1S/C13H12N2O/c1-9(16)15-12-5-3-2-4-10(12)11-6-7-14-8-13(11)15/h2-5,8H,6-7H2,1H3. The summed E-state index contributed by atoms with van der Waals surface area (Å²) in [4.78, 5) is 16.0. The maximum Gasteiger partial charge on any atom is 0.228 e. The quantitative estimate of drug-likeness (QED) is 0.659. The van der Waals surface area contributed by atoms with Gasteiger partial charge in [0.1, 0.15) is 0 Å². The Hall–Kier alpha value is -1.90. The molecule has 1 aliphatic heterocycles. The Kier molecular flexibility index (Phi) is 1.93. The molecule has 2 aromatic rings. The molecule has 0 aliphatic carbocycles. The van der Waals surface area contributed by atoms with Crippen LogP contribution < -0.4 is 0 Å². The number of para-hydroxylation sites is 1. The van der Waals surface area contributed by atoms with Crippen LogP contribution >= 0.6 is 0 Å². The lowest BCUT2D eigenvalue weighted by Gasteiger charge is -2.07. The van der Waals surface area contributed by atoms with E-state index in [0.717, 1.165) is 24.2 Å². The third-order valence-corrected chi connectivity index (χ3v) is 3.04. The smallest absolute Gasteiger partial charge is 0.228 e. The Labute approximate surface area is 93.4 Å². The fourth-order valence-corrected chi connectivity index (χ4v) is 2.39. The first-order valence-electron chi connectivity index (χ1n) is 5.42. The van der Waals surface area contributed by atoms with Crippen LogP contribution in [0.1, 0.15) is 23.0 Å². The van der Waals surface area contributed by atoms with Crippen LogP contribution in [0.3, 0.4) is 0 Å². The van der Waals surface area contributed by atoms with Gasteiger partial charge in [-0.15, -0.1) is 0 Å². The monoisotopic (exact) mass is 212 g/mol. The van der Waals surface area contributed by atoms with Crippen molar-refractivity contribution in [3.05, 3.63) is 35.5 Å². The van der Waals surface area contributed by atoms with Crippen LogP contribution in [0.4, 0.5) is 0 Å². The highest BCUT2D eigenvalue weighted by atomic mass is 16.1. The third-order valence-electron chi connectivity index (χ3n) is 3.04. The number of fused-ring (bicyclic) bond motifs is 3. The highest BCUT2D eigenvalue weighted by Crippen LogP contribution is 2.27. The zero-order valence-electron chi connectivity index (χ0n) is 9.10. The van der Waals surface area contributed by atoms with Crippen molar-refractivity contribution in [2.24, 2.45) is 4.99 Å². The van der Waals surface area contributed by atoms with Gasteiger partial charge in [0, 0.05) is 25.1 Å². The van der Waals surface area contributed by atoms with E-state index < -0.39 is 0 Å². The Balaban J connectivity index is 2.47. The van der Waals surface area contributed by atoms with Gasteiger partial charge in [-0.1, -0.05) is 18.2 Å². The van der Waals surface area contributed by atoms with E-state index in [-0.39, 0.29) is 5.91 Å². The molecule has 80 valence electrons. The van der Waals surface area contributed by atoms with E-state index in [2.05, 4.69) is 11.1 Å². The minimum absolute atomic E-state index is 0.0470. The van der Waals surface area contributed by atoms with E-state index in [0.29, 0.717) is 0 Å². The summed E-state index contributed by atoms with van der Waals surface area (Å²) >= 11 is 0. The first-order chi connectivity index (χ1) is 7.79. The third kappa shape index (κ3) is 1.14. The molecule has 0 N–H and O–H groups in total. The number of carbonyl (C=O) groups is 1. The molecule has 0 fully saturated rings. The van der Waals surface area contributed by atoms with Crippen molar-refractivity contribution in [1.82, 2.24) is 4.57 Å². The zero-order chi connectivity index (χ0) is 11.1. The molecule has 0 saturated heterocycles. The molecule has 1 aromatic heterocycles. The first kappa shape index (κ1) is 9.33. The maximum atomic E-state index is 11.7. The summed E-state index contributed by atoms with van der Waals surface area (Å²) in [7, 11) is 0. The molecular weight excluding hydrogens is 200 g/mol. The number of aliphatic imine (C=N–C) groups is 1. The average molecular weight is 212 g/mol. The van der Waals surface area contributed by atoms with E-state index >= 15 is 0 Å². The van der Waals surface area contributed by atoms with Gasteiger partial charge in [0.2, 0.25) is 5.91 Å². The van der Waals surface area contributed by atoms with Gasteiger partial charge in [0.05, 0.1) is 11.2 Å². The van der Waals surface area contributed by atoms with Crippen LogP contribution in [0, 0.1) is 0 Å². The molecule has 16 heavy (non-hydrogen) atoms. The van der Waals surface area contributed by atoms with Gasteiger partial charge in [-0.25, -0.2) is 0 Å². The summed E-state index contributed by atoms with van der Waals surface area (Å²) < 4.78 is 1.76. The molecule has 1 aliphatic rings. The molecular formula is C13H12N2O. The van der Waals surface area contributed by atoms with Crippen LogP contribution in [0.5, 0.6) is 0 Å². The Morgan fingerprint density at radius 3 is 3.00 bits per heavy atom. The highest BCUT2D eigenvalue weighted by Gasteiger charge is 2.19. The molecule has 2 heterocycles. The van der Waals surface area contributed by atoms with E-state index in [9.17, 15) is 4.79 Å². The average Bonchev–Trinajstić information content (AvgIpc) is 2.63. The molecule has 0 bridgehead atoms. The number of hydrogen-bond donors (Lipinski definition) is 0. The van der Waals surface area contributed by atoms with Crippen LogP contribution in [0.15, 0.2) is 29.3 Å². The largest absolute Gasteiger partial charge is 0.291 e. The number of aromatic nitrogens is 1. The molecule has 0 atom stereocenters. The van der Waals surface area contributed by atoms with Crippen molar-refractivity contribution >= 4 is 23.0 Å². The van der Waals surface area contributed by atoms with Crippen LogP contribution in [-0.2, 0) is 6.42 Å². The number of carbonyl (C=O) groups excluding carboxylic acids is 1. The fraction of sp³-hybridized carbons (Fsp3) is 0.231. The van der Waals surface area contributed by atoms with Gasteiger partial charge in [-0.3, -0.25) is 14.4 Å². The van der Waals surface area contributed by atoms with Crippen LogP contribution in [-0.4, -0.2) is 23.2 Å². The van der Waals surface area contributed by atoms with E-state index in [1.54, 1.807) is 11.5 Å². The zero-order valence-corrected chi connectivity index (χ0v) is 9.10. The summed E-state index contributed by atoms with van der Waals surface area (Å²) in [5.74, 6) is 0.0470. The lowest BCUT2D eigenvalue weighted by molar-refractivity contribution is 0.0941. The fourth-order valence-electron chi connectivity index (χ4n) is 2.39. The van der Waals surface area contributed by atoms with Gasteiger partial charge in [0.25, 0.3) is 0 Å². The minimum atomic E-state index is 0.0470. The van der Waals surface area contributed by atoms with E-state index in [1.807, 2.05) is 24.4 Å². The minimum Gasteiger partial charge on any atom is -0.291 e. The number of benzene rings is 1. The first-order valence-corrected chi connectivity index (χ1v) is 5.42. The van der Waals surface area contributed by atoms with Crippen molar-refractivity contribution in [2.75, 3.05) is 6.54 Å². The summed E-state index contributed by atoms with van der Waals surface area (Å²) in [5.41, 5.74) is 3.20. The highest BCUT2D eigenvalue weighted by molar-refractivity contribution is 6.02. The van der Waals surface area contributed by atoms with Crippen molar-refractivity contribution < 1.29 is 4.79 Å². The predicted molar refractivity (Wildman–Crippen MR) is 64.4 cm³/mol. The Bertz CT molecular complexity index is 608. The van der Waals surface area contributed by atoms with Crippen molar-refractivity contribution in [3.63, 3.8) is 0 Å². The normalized spacial score (nSPS) is 14.1. The molecule has 0 saturated carbocycles. The predicted octanol–water partition coefficient (Wildman–Crippen LogP) is 2.28. The van der Waals surface area contributed by atoms with E-state index in [1.165, 1.54) is 10.9 Å². The molecule has 3 rings (SSSR count). The maximum absolute atomic E-state index is 11.7. The molecule has 0 spiro atoms. The molecule has 0 radical (unpaired) electrons. The summed E-state index contributed by atoms with van der Waals surface area (Å²) in [6.07, 6.45) is 2.74. The summed E-state index contributed by atoms with van der Waals surface area (Å²) in [6, 6.07) is 8.04. The number of hydrogen-bond acceptors (Lipinski definition) is 2. The van der Waals surface area contributed by atoms with Gasteiger partial charge >= 0.3 is 0 Å².